The molecular weight excluding hydrogens is 602 g/mol. The molecule has 3 saturated heterocycles. The van der Waals surface area contributed by atoms with Gasteiger partial charge in [-0.05, 0) is 70.7 Å². The summed E-state index contributed by atoms with van der Waals surface area (Å²) in [6.45, 7) is 15.3. The van der Waals surface area contributed by atoms with Crippen LogP contribution in [0.15, 0.2) is 49.6 Å². The molecule has 230 valence electrons. The number of hydrogen-bond acceptors (Lipinski definition) is 7. The van der Waals surface area contributed by atoms with E-state index in [-0.39, 0.29) is 36.4 Å². The third-order valence-electron chi connectivity index (χ3n) is 8.89. The number of aliphatic hydroxyl groups excluding tert-OH is 1. The van der Waals surface area contributed by atoms with Gasteiger partial charge in [0.1, 0.15) is 11.6 Å². The highest BCUT2D eigenvalue weighted by molar-refractivity contribution is 9.09. The van der Waals surface area contributed by atoms with E-state index in [0.717, 1.165) is 31.6 Å². The maximum Gasteiger partial charge on any atom is 0.312 e. The second kappa shape index (κ2) is 13.7. The molecule has 3 heterocycles. The number of alkyl halides is 1. The molecule has 9 nitrogen and oxygen atoms in total. The van der Waals surface area contributed by atoms with Crippen molar-refractivity contribution in [3.05, 3.63) is 49.6 Å². The van der Waals surface area contributed by atoms with Gasteiger partial charge in [-0.15, -0.1) is 13.2 Å². The van der Waals surface area contributed by atoms with Crippen molar-refractivity contribution < 1.29 is 29.0 Å². The van der Waals surface area contributed by atoms with Crippen molar-refractivity contribution >= 4 is 45.1 Å². The van der Waals surface area contributed by atoms with Gasteiger partial charge < -0.3 is 29.3 Å². The summed E-state index contributed by atoms with van der Waals surface area (Å²) in [4.78, 5) is 47.2. The number of nitrogens with zero attached hydrogens (tertiary/aromatic N) is 3. The Morgan fingerprint density at radius 2 is 1.86 bits per heavy atom. The normalized spacial score (nSPS) is 28.4. The topological polar surface area (TPSA) is 99.6 Å². The number of halogens is 1. The van der Waals surface area contributed by atoms with Gasteiger partial charge in [-0.1, -0.05) is 28.1 Å². The highest BCUT2D eigenvalue weighted by atomic mass is 79.9. The number of fused-ring (bicyclic) bond motifs is 1. The van der Waals surface area contributed by atoms with Crippen LogP contribution >= 0.6 is 15.9 Å². The molecule has 0 saturated carbocycles. The maximum atomic E-state index is 14.6. The Hall–Kier alpha value is -2.69. The number of rotatable bonds is 15. The minimum atomic E-state index is -1.23. The van der Waals surface area contributed by atoms with Crippen molar-refractivity contribution in [1.29, 1.82) is 0 Å². The van der Waals surface area contributed by atoms with Gasteiger partial charge in [-0.2, -0.15) is 0 Å². The summed E-state index contributed by atoms with van der Waals surface area (Å²) in [6.07, 6.45) is 5.63. The van der Waals surface area contributed by atoms with Gasteiger partial charge in [0.2, 0.25) is 5.91 Å². The molecule has 10 heteroatoms. The van der Waals surface area contributed by atoms with Gasteiger partial charge in [0, 0.05) is 35.8 Å². The Kier molecular flexibility index (Phi) is 10.5. The van der Waals surface area contributed by atoms with Crippen LogP contribution in [0, 0.1) is 11.8 Å². The molecule has 1 spiro atoms. The smallest absolute Gasteiger partial charge is 0.312 e. The van der Waals surface area contributed by atoms with E-state index in [9.17, 15) is 19.5 Å². The first-order valence-corrected chi connectivity index (χ1v) is 15.9. The van der Waals surface area contributed by atoms with Crippen LogP contribution in [0.1, 0.15) is 46.5 Å². The third-order valence-corrected chi connectivity index (χ3v) is 9.73. The molecule has 0 aromatic heterocycles. The fourth-order valence-electron chi connectivity index (χ4n) is 6.87. The molecule has 7 atom stereocenters. The average Bonchev–Trinajstić information content (AvgIpc) is 3.59. The van der Waals surface area contributed by atoms with E-state index in [4.69, 9.17) is 9.47 Å². The Labute approximate surface area is 257 Å². The highest BCUT2D eigenvalue weighted by Crippen LogP contribution is 2.60. The van der Waals surface area contributed by atoms with Gasteiger partial charge in [-0.25, -0.2) is 0 Å². The zero-order valence-corrected chi connectivity index (χ0v) is 26.5. The van der Waals surface area contributed by atoms with Crippen molar-refractivity contribution in [3.63, 3.8) is 0 Å². The number of esters is 1. The van der Waals surface area contributed by atoms with Gasteiger partial charge in [0.05, 0.1) is 37.2 Å². The maximum absolute atomic E-state index is 14.6. The average molecular weight is 647 g/mol. The number of amides is 2. The predicted octanol–water partition coefficient (Wildman–Crippen LogP) is 4.08. The van der Waals surface area contributed by atoms with E-state index < -0.39 is 41.6 Å². The molecule has 1 N–H and O–H groups in total. The van der Waals surface area contributed by atoms with Crippen LogP contribution in [0.3, 0.4) is 0 Å². The van der Waals surface area contributed by atoms with E-state index in [1.807, 2.05) is 30.3 Å². The largest absolute Gasteiger partial charge is 0.465 e. The number of carbonyl (C=O) groups excluding carboxylic acids is 3. The summed E-state index contributed by atoms with van der Waals surface area (Å²) in [5.74, 6) is -2.90. The number of ether oxygens (including phenoxy) is 2. The molecule has 1 aromatic rings. The molecule has 3 aliphatic heterocycles. The number of unbranched alkanes of at least 4 members (excludes halogenated alkanes) is 2. The van der Waals surface area contributed by atoms with Gasteiger partial charge in [-0.3, -0.25) is 14.4 Å². The third kappa shape index (κ3) is 5.65. The van der Waals surface area contributed by atoms with E-state index in [1.54, 1.807) is 17.9 Å². The summed E-state index contributed by atoms with van der Waals surface area (Å²) in [5.41, 5.74) is 0.479. The van der Waals surface area contributed by atoms with Crippen molar-refractivity contribution in [2.24, 2.45) is 11.8 Å². The van der Waals surface area contributed by atoms with Crippen LogP contribution in [0.25, 0.3) is 0 Å². The standard InChI is InChI=1S/C32H44BrN3O6/c1-6-10-11-12-18-41-31(40)25-26-29(38)36(21(5)20-37)28(32(26)19-24(33)27(25)42-32)30(39)35(17-7-2)23-15-13-22(14-16-23)34(8-3)9-4/h6-7,13-16,21,24-28,37H,1-2,8-12,17-20H2,3-5H3/t21-,24?,25+,26+,27+,28?,32?/m1/s1. The predicted molar refractivity (Wildman–Crippen MR) is 167 cm³/mol. The first kappa shape index (κ1) is 32.2. The number of allylic oxidation sites excluding steroid dienone is 1. The van der Waals surface area contributed by atoms with E-state index in [0.29, 0.717) is 18.5 Å². The lowest BCUT2D eigenvalue weighted by molar-refractivity contribution is -0.155. The molecular formula is C32H44BrN3O6. The molecule has 2 amide bonds. The molecule has 42 heavy (non-hydrogen) atoms. The van der Waals surface area contributed by atoms with Crippen LogP contribution in [0.4, 0.5) is 11.4 Å². The monoisotopic (exact) mass is 645 g/mol. The molecule has 1 aromatic carbocycles. The van der Waals surface area contributed by atoms with Crippen LogP contribution in [0.2, 0.25) is 0 Å². The summed E-state index contributed by atoms with van der Waals surface area (Å²) < 4.78 is 12.2. The second-order valence-corrected chi connectivity index (χ2v) is 12.5. The number of likely N-dealkylation sites (tertiary alicyclic amines) is 1. The number of anilines is 2. The SMILES string of the molecule is C=CCCCCOC(=O)[C@H]1[C@H]2C(=O)N([C@H](C)CO)C(C(=O)N(CC=C)c3ccc(N(CC)CC)cc3)C23CC(Br)[C@@H]1O3. The van der Waals surface area contributed by atoms with Crippen molar-refractivity contribution in [1.82, 2.24) is 4.90 Å². The van der Waals surface area contributed by atoms with Crippen LogP contribution in [-0.4, -0.2) is 89.3 Å². The van der Waals surface area contributed by atoms with Crippen LogP contribution < -0.4 is 9.80 Å². The Morgan fingerprint density at radius 1 is 1.19 bits per heavy atom. The van der Waals surface area contributed by atoms with E-state index >= 15 is 0 Å². The first-order valence-electron chi connectivity index (χ1n) is 15.0. The van der Waals surface area contributed by atoms with Gasteiger partial charge in [0.15, 0.2) is 0 Å². The molecule has 4 rings (SSSR count). The summed E-state index contributed by atoms with van der Waals surface area (Å²) in [5, 5.41) is 10.2. The quantitative estimate of drug-likeness (QED) is 0.133. The number of aliphatic hydroxyl groups is 1. The van der Waals surface area contributed by atoms with E-state index in [1.165, 1.54) is 4.90 Å². The number of benzene rings is 1. The summed E-state index contributed by atoms with van der Waals surface area (Å²) in [7, 11) is 0. The van der Waals surface area contributed by atoms with Crippen molar-refractivity contribution in [2.45, 2.75) is 75.1 Å². The zero-order valence-electron chi connectivity index (χ0n) is 24.9. The lowest BCUT2D eigenvalue weighted by atomic mass is 9.70. The molecule has 2 bridgehead atoms. The lowest BCUT2D eigenvalue weighted by Gasteiger charge is -2.38. The zero-order chi connectivity index (χ0) is 30.6. The molecule has 3 fully saturated rings. The fourth-order valence-corrected chi connectivity index (χ4v) is 7.81. The molecule has 0 radical (unpaired) electrons. The second-order valence-electron chi connectivity index (χ2n) is 11.3. The highest BCUT2D eigenvalue weighted by Gasteiger charge is 2.77. The lowest BCUT2D eigenvalue weighted by Crippen LogP contribution is -2.58. The molecule has 3 aliphatic rings. The Bertz CT molecular complexity index is 1160. The van der Waals surface area contributed by atoms with Crippen LogP contribution in [0.5, 0.6) is 0 Å². The molecule has 0 aliphatic carbocycles. The summed E-state index contributed by atoms with van der Waals surface area (Å²) >= 11 is 3.69. The molecule has 3 unspecified atom stereocenters. The van der Waals surface area contributed by atoms with Gasteiger partial charge in [0.25, 0.3) is 5.91 Å². The number of hydrogen-bond donors (Lipinski definition) is 1. The van der Waals surface area contributed by atoms with Gasteiger partial charge >= 0.3 is 5.97 Å². The Balaban J connectivity index is 1.69. The fraction of sp³-hybridized carbons (Fsp3) is 0.594. The minimum absolute atomic E-state index is 0.216. The van der Waals surface area contributed by atoms with Crippen molar-refractivity contribution in [2.75, 3.05) is 42.6 Å². The van der Waals surface area contributed by atoms with Crippen molar-refractivity contribution in [3.8, 4) is 0 Å². The minimum Gasteiger partial charge on any atom is -0.465 e. The van der Waals surface area contributed by atoms with Crippen LogP contribution in [-0.2, 0) is 23.9 Å². The van der Waals surface area contributed by atoms with E-state index in [2.05, 4.69) is 47.8 Å². The first-order chi connectivity index (χ1) is 20.2. The number of carbonyl (C=O) groups is 3. The Morgan fingerprint density at radius 3 is 2.45 bits per heavy atom. The summed E-state index contributed by atoms with van der Waals surface area (Å²) in [6, 6.07) is 6.06.